The van der Waals surface area contributed by atoms with Crippen molar-refractivity contribution in [2.24, 2.45) is 5.73 Å². The molecule has 7 heteroatoms. The predicted octanol–water partition coefficient (Wildman–Crippen LogP) is 2.78. The second kappa shape index (κ2) is 6.80. The van der Waals surface area contributed by atoms with Crippen molar-refractivity contribution < 1.29 is 9.72 Å². The van der Waals surface area contributed by atoms with Crippen LogP contribution in [0.2, 0.25) is 0 Å². The lowest BCUT2D eigenvalue weighted by Crippen LogP contribution is -2.29. The Morgan fingerprint density at radius 2 is 2.24 bits per heavy atom. The molecule has 1 amide bonds. The molecule has 1 aliphatic rings. The lowest BCUT2D eigenvalue weighted by molar-refractivity contribution is -0.384. The smallest absolute Gasteiger partial charge is 0.292 e. The molecule has 0 spiro atoms. The van der Waals surface area contributed by atoms with E-state index in [4.69, 9.17) is 5.73 Å². The first-order valence-corrected chi connectivity index (χ1v) is 8.17. The van der Waals surface area contributed by atoms with Gasteiger partial charge in [0.05, 0.1) is 4.92 Å². The van der Waals surface area contributed by atoms with E-state index < -0.39 is 10.8 Å². The summed E-state index contributed by atoms with van der Waals surface area (Å²) in [5.41, 5.74) is 5.88. The third kappa shape index (κ3) is 3.87. The Morgan fingerprint density at radius 1 is 1.48 bits per heavy atom. The molecule has 0 aromatic heterocycles. The molecule has 0 saturated heterocycles. The number of nitrogens with zero attached hydrogens (tertiary/aromatic N) is 1. The molecule has 2 atom stereocenters. The standard InChI is InChI=1S/C14H19N3O3S/c1-21-11-4-2-3-10(8-11)16-12-7-9(14(15)18)5-6-13(12)17(19)20/h5-7,10-11,16H,2-4,8H2,1H3,(H2,15,18). The lowest BCUT2D eigenvalue weighted by Gasteiger charge is -2.29. The Kier molecular flexibility index (Phi) is 5.06. The van der Waals surface area contributed by atoms with E-state index in [-0.39, 0.29) is 17.3 Å². The molecular weight excluding hydrogens is 290 g/mol. The third-order valence-electron chi connectivity index (χ3n) is 3.80. The van der Waals surface area contributed by atoms with Crippen LogP contribution in [0.5, 0.6) is 0 Å². The summed E-state index contributed by atoms with van der Waals surface area (Å²) in [5.74, 6) is -0.585. The summed E-state index contributed by atoms with van der Waals surface area (Å²) in [6, 6.07) is 4.38. The van der Waals surface area contributed by atoms with Gasteiger partial charge in [-0.25, -0.2) is 0 Å². The quantitative estimate of drug-likeness (QED) is 0.643. The van der Waals surface area contributed by atoms with Gasteiger partial charge in [-0.3, -0.25) is 14.9 Å². The fourth-order valence-electron chi connectivity index (χ4n) is 2.67. The van der Waals surface area contributed by atoms with Gasteiger partial charge in [-0.2, -0.15) is 11.8 Å². The maximum absolute atomic E-state index is 11.2. The van der Waals surface area contributed by atoms with Gasteiger partial charge in [-0.1, -0.05) is 6.42 Å². The molecule has 1 aliphatic carbocycles. The number of amides is 1. The number of nitrogens with two attached hydrogens (primary N) is 1. The van der Waals surface area contributed by atoms with Gasteiger partial charge in [0.1, 0.15) is 5.69 Å². The van der Waals surface area contributed by atoms with Crippen LogP contribution in [0.3, 0.4) is 0 Å². The molecule has 0 aliphatic heterocycles. The molecule has 6 nitrogen and oxygen atoms in total. The molecule has 1 aromatic carbocycles. The largest absolute Gasteiger partial charge is 0.377 e. The highest BCUT2D eigenvalue weighted by Gasteiger charge is 2.24. The number of rotatable bonds is 5. The lowest BCUT2D eigenvalue weighted by atomic mass is 9.94. The van der Waals surface area contributed by atoms with Crippen LogP contribution >= 0.6 is 11.8 Å². The minimum absolute atomic E-state index is 0.0220. The number of nitrogens with one attached hydrogen (secondary N) is 1. The molecule has 3 N–H and O–H groups in total. The summed E-state index contributed by atoms with van der Waals surface area (Å²) in [6.07, 6.45) is 6.33. The van der Waals surface area contributed by atoms with E-state index >= 15 is 0 Å². The molecule has 21 heavy (non-hydrogen) atoms. The van der Waals surface area contributed by atoms with Crippen molar-refractivity contribution in [1.29, 1.82) is 0 Å². The second-order valence-corrected chi connectivity index (χ2v) is 6.36. The number of nitro groups is 1. The summed E-state index contributed by atoms with van der Waals surface area (Å²) in [7, 11) is 0. The zero-order chi connectivity index (χ0) is 15.4. The van der Waals surface area contributed by atoms with Crippen molar-refractivity contribution in [2.45, 2.75) is 37.0 Å². The van der Waals surface area contributed by atoms with Crippen molar-refractivity contribution in [3.63, 3.8) is 0 Å². The maximum Gasteiger partial charge on any atom is 0.292 e. The van der Waals surface area contributed by atoms with Crippen molar-refractivity contribution in [2.75, 3.05) is 11.6 Å². The number of hydrogen-bond donors (Lipinski definition) is 2. The van der Waals surface area contributed by atoms with Crippen LogP contribution in [0.25, 0.3) is 0 Å². The molecule has 1 saturated carbocycles. The first-order valence-electron chi connectivity index (χ1n) is 6.89. The normalized spacial score (nSPS) is 21.8. The van der Waals surface area contributed by atoms with Crippen LogP contribution in [-0.2, 0) is 0 Å². The number of nitro benzene ring substituents is 1. The van der Waals surface area contributed by atoms with E-state index in [1.165, 1.54) is 24.6 Å². The van der Waals surface area contributed by atoms with Gasteiger partial charge in [-0.05, 0) is 37.7 Å². The molecule has 2 rings (SSSR count). The van der Waals surface area contributed by atoms with Crippen LogP contribution < -0.4 is 11.1 Å². The molecule has 114 valence electrons. The molecule has 0 bridgehead atoms. The molecular formula is C14H19N3O3S. The Morgan fingerprint density at radius 3 is 2.86 bits per heavy atom. The third-order valence-corrected chi connectivity index (χ3v) is 4.89. The first-order chi connectivity index (χ1) is 10.0. The Balaban J connectivity index is 2.22. The Bertz CT molecular complexity index is 550. The van der Waals surface area contributed by atoms with Gasteiger partial charge in [0, 0.05) is 22.9 Å². The fraction of sp³-hybridized carbons (Fsp3) is 0.500. The second-order valence-electron chi connectivity index (χ2n) is 5.22. The van der Waals surface area contributed by atoms with Gasteiger partial charge in [0.15, 0.2) is 0 Å². The highest BCUT2D eigenvalue weighted by molar-refractivity contribution is 7.99. The Hall–Kier alpha value is -1.76. The Labute approximate surface area is 127 Å². The van der Waals surface area contributed by atoms with Crippen LogP contribution in [-0.4, -0.2) is 28.4 Å². The first kappa shape index (κ1) is 15.6. The summed E-state index contributed by atoms with van der Waals surface area (Å²) in [4.78, 5) is 21.9. The summed E-state index contributed by atoms with van der Waals surface area (Å²) in [6.45, 7) is 0. The maximum atomic E-state index is 11.2. The number of benzene rings is 1. The van der Waals surface area contributed by atoms with E-state index in [9.17, 15) is 14.9 Å². The van der Waals surface area contributed by atoms with Crippen molar-refractivity contribution in [3.05, 3.63) is 33.9 Å². The van der Waals surface area contributed by atoms with Gasteiger partial charge in [0.2, 0.25) is 5.91 Å². The number of carbonyl (C=O) groups excluding carboxylic acids is 1. The van der Waals surface area contributed by atoms with E-state index in [0.29, 0.717) is 10.9 Å². The average molecular weight is 309 g/mol. The SMILES string of the molecule is CSC1CCCC(Nc2cc(C(N)=O)ccc2[N+](=O)[O-])C1. The van der Waals surface area contributed by atoms with Gasteiger partial charge >= 0.3 is 0 Å². The van der Waals surface area contributed by atoms with Crippen molar-refractivity contribution in [3.8, 4) is 0 Å². The number of primary amides is 1. The minimum Gasteiger partial charge on any atom is -0.377 e. The zero-order valence-electron chi connectivity index (χ0n) is 11.9. The topological polar surface area (TPSA) is 98.3 Å². The summed E-state index contributed by atoms with van der Waals surface area (Å²) >= 11 is 1.83. The highest BCUT2D eigenvalue weighted by Crippen LogP contribution is 2.32. The van der Waals surface area contributed by atoms with E-state index in [1.807, 2.05) is 11.8 Å². The highest BCUT2D eigenvalue weighted by atomic mass is 32.2. The summed E-state index contributed by atoms with van der Waals surface area (Å²) < 4.78 is 0. The number of hydrogen-bond acceptors (Lipinski definition) is 5. The molecule has 1 aromatic rings. The van der Waals surface area contributed by atoms with E-state index in [2.05, 4.69) is 11.6 Å². The number of thioether (sulfide) groups is 1. The van der Waals surface area contributed by atoms with E-state index in [0.717, 1.165) is 19.3 Å². The molecule has 1 fully saturated rings. The van der Waals surface area contributed by atoms with Crippen molar-refractivity contribution in [1.82, 2.24) is 0 Å². The minimum atomic E-state index is -0.585. The van der Waals surface area contributed by atoms with Crippen LogP contribution in [0.4, 0.5) is 11.4 Å². The summed E-state index contributed by atoms with van der Waals surface area (Å²) in [5, 5.41) is 14.9. The number of anilines is 1. The molecule has 0 heterocycles. The monoisotopic (exact) mass is 309 g/mol. The van der Waals surface area contributed by atoms with Crippen molar-refractivity contribution >= 4 is 29.0 Å². The fourth-order valence-corrected chi connectivity index (χ4v) is 3.50. The van der Waals surface area contributed by atoms with Crippen LogP contribution in [0, 0.1) is 10.1 Å². The van der Waals surface area contributed by atoms with Gasteiger partial charge < -0.3 is 11.1 Å². The molecule has 2 unspecified atom stereocenters. The molecule has 0 radical (unpaired) electrons. The number of carbonyl (C=O) groups is 1. The van der Waals surface area contributed by atoms with Gasteiger partial charge in [-0.15, -0.1) is 0 Å². The average Bonchev–Trinajstić information content (AvgIpc) is 2.47. The van der Waals surface area contributed by atoms with E-state index in [1.54, 1.807) is 0 Å². The zero-order valence-corrected chi connectivity index (χ0v) is 12.7. The van der Waals surface area contributed by atoms with Crippen LogP contribution in [0.15, 0.2) is 18.2 Å². The predicted molar refractivity (Wildman–Crippen MR) is 84.8 cm³/mol. The van der Waals surface area contributed by atoms with Gasteiger partial charge in [0.25, 0.3) is 5.69 Å². The van der Waals surface area contributed by atoms with Crippen LogP contribution in [0.1, 0.15) is 36.0 Å².